The molecule has 1 aliphatic rings. The molecule has 1 aromatic heterocycles. The van der Waals surface area contributed by atoms with Crippen molar-refractivity contribution in [2.24, 2.45) is 5.73 Å². The van der Waals surface area contributed by atoms with Gasteiger partial charge in [-0.15, -0.1) is 0 Å². The number of rotatable bonds is 2. The minimum atomic E-state index is 0.227. The highest BCUT2D eigenvalue weighted by Gasteiger charge is 2.20. The molecule has 0 amide bonds. The summed E-state index contributed by atoms with van der Waals surface area (Å²) in [4.78, 5) is 4.16. The molecule has 0 aromatic carbocycles. The van der Waals surface area contributed by atoms with Gasteiger partial charge in [-0.05, 0) is 47.7 Å². The number of ether oxygens (including phenoxy) is 1. The van der Waals surface area contributed by atoms with E-state index in [1.165, 1.54) is 0 Å². The van der Waals surface area contributed by atoms with Gasteiger partial charge in [-0.3, -0.25) is 0 Å². The second-order valence-corrected chi connectivity index (χ2v) is 5.39. The lowest BCUT2D eigenvalue weighted by atomic mass is 9.94. The van der Waals surface area contributed by atoms with Crippen LogP contribution in [-0.2, 0) is 0 Å². The molecule has 0 saturated heterocycles. The SMILES string of the molecule is NC1CCC(Oc2ncc(Cl)cc2Br)CC1. The summed E-state index contributed by atoms with van der Waals surface area (Å²) >= 11 is 9.20. The van der Waals surface area contributed by atoms with E-state index in [-0.39, 0.29) is 6.10 Å². The first-order chi connectivity index (χ1) is 7.65. The molecule has 0 spiro atoms. The lowest BCUT2D eigenvalue weighted by Gasteiger charge is -2.26. The van der Waals surface area contributed by atoms with Crippen molar-refractivity contribution < 1.29 is 4.74 Å². The van der Waals surface area contributed by atoms with Crippen LogP contribution in [0.2, 0.25) is 5.02 Å². The van der Waals surface area contributed by atoms with Gasteiger partial charge >= 0.3 is 0 Å². The van der Waals surface area contributed by atoms with Gasteiger partial charge in [0.05, 0.1) is 9.50 Å². The Kier molecular flexibility index (Phi) is 4.05. The molecule has 0 bridgehead atoms. The van der Waals surface area contributed by atoms with Gasteiger partial charge in [0, 0.05) is 12.2 Å². The molecule has 2 rings (SSSR count). The van der Waals surface area contributed by atoms with E-state index in [4.69, 9.17) is 22.1 Å². The van der Waals surface area contributed by atoms with Crippen LogP contribution in [0, 0.1) is 0 Å². The maximum atomic E-state index is 5.84. The lowest BCUT2D eigenvalue weighted by molar-refractivity contribution is 0.140. The predicted octanol–water partition coefficient (Wildman–Crippen LogP) is 3.15. The van der Waals surface area contributed by atoms with Crippen molar-refractivity contribution in [3.05, 3.63) is 21.8 Å². The molecule has 16 heavy (non-hydrogen) atoms. The van der Waals surface area contributed by atoms with Gasteiger partial charge in [0.1, 0.15) is 6.10 Å². The van der Waals surface area contributed by atoms with Crippen LogP contribution in [0.1, 0.15) is 25.7 Å². The van der Waals surface area contributed by atoms with Crippen LogP contribution in [0.3, 0.4) is 0 Å². The van der Waals surface area contributed by atoms with Crippen LogP contribution in [0.25, 0.3) is 0 Å². The lowest BCUT2D eigenvalue weighted by Crippen LogP contribution is -2.31. The first-order valence-electron chi connectivity index (χ1n) is 5.38. The summed E-state index contributed by atoms with van der Waals surface area (Å²) in [6, 6.07) is 2.12. The first kappa shape index (κ1) is 12.1. The predicted molar refractivity (Wildman–Crippen MR) is 67.8 cm³/mol. The molecule has 0 unspecified atom stereocenters. The van der Waals surface area contributed by atoms with E-state index < -0.39 is 0 Å². The molecule has 88 valence electrons. The number of pyridine rings is 1. The van der Waals surface area contributed by atoms with Crippen LogP contribution < -0.4 is 10.5 Å². The van der Waals surface area contributed by atoms with Crippen LogP contribution in [0.4, 0.5) is 0 Å². The summed E-state index contributed by atoms with van der Waals surface area (Å²) < 4.78 is 6.62. The third-order valence-corrected chi connectivity index (χ3v) is 3.55. The standard InChI is InChI=1S/C11H14BrClN2O/c12-10-5-7(13)6-15-11(10)16-9-3-1-8(14)2-4-9/h5-6,8-9H,1-4,14H2. The van der Waals surface area contributed by atoms with Gasteiger partial charge in [-0.25, -0.2) is 4.98 Å². The Balaban J connectivity index is 1.98. The maximum Gasteiger partial charge on any atom is 0.228 e. The van der Waals surface area contributed by atoms with Crippen molar-refractivity contribution >= 4 is 27.5 Å². The third kappa shape index (κ3) is 3.09. The molecule has 1 fully saturated rings. The van der Waals surface area contributed by atoms with Gasteiger partial charge in [-0.1, -0.05) is 11.6 Å². The number of halogens is 2. The molecular weight excluding hydrogens is 291 g/mol. The number of nitrogens with zero attached hydrogens (tertiary/aromatic N) is 1. The second-order valence-electron chi connectivity index (χ2n) is 4.10. The quantitative estimate of drug-likeness (QED) is 0.913. The van der Waals surface area contributed by atoms with Crippen LogP contribution in [0.5, 0.6) is 5.88 Å². The maximum absolute atomic E-state index is 5.84. The largest absolute Gasteiger partial charge is 0.474 e. The average molecular weight is 306 g/mol. The Morgan fingerprint density at radius 3 is 2.69 bits per heavy atom. The summed E-state index contributed by atoms with van der Waals surface area (Å²) in [5.41, 5.74) is 5.84. The molecule has 0 atom stereocenters. The highest BCUT2D eigenvalue weighted by molar-refractivity contribution is 9.10. The van der Waals surface area contributed by atoms with Crippen molar-refractivity contribution in [1.82, 2.24) is 4.98 Å². The minimum Gasteiger partial charge on any atom is -0.474 e. The highest BCUT2D eigenvalue weighted by atomic mass is 79.9. The summed E-state index contributed by atoms with van der Waals surface area (Å²) in [6.45, 7) is 0. The fourth-order valence-electron chi connectivity index (χ4n) is 1.85. The third-order valence-electron chi connectivity index (χ3n) is 2.77. The Hall–Kier alpha value is -0.320. The van der Waals surface area contributed by atoms with E-state index >= 15 is 0 Å². The van der Waals surface area contributed by atoms with Crippen LogP contribution in [-0.4, -0.2) is 17.1 Å². The molecule has 3 nitrogen and oxygen atoms in total. The molecule has 0 aliphatic heterocycles. The Morgan fingerprint density at radius 2 is 2.06 bits per heavy atom. The monoisotopic (exact) mass is 304 g/mol. The molecule has 1 aromatic rings. The highest BCUT2D eigenvalue weighted by Crippen LogP contribution is 2.28. The van der Waals surface area contributed by atoms with Crippen molar-refractivity contribution in [1.29, 1.82) is 0 Å². The van der Waals surface area contributed by atoms with Crippen molar-refractivity contribution in [2.45, 2.75) is 37.8 Å². The van der Waals surface area contributed by atoms with Crippen molar-refractivity contribution in [3.63, 3.8) is 0 Å². The number of aromatic nitrogens is 1. The summed E-state index contributed by atoms with van der Waals surface area (Å²) in [6.07, 6.45) is 5.86. The Labute approximate surface area is 108 Å². The topological polar surface area (TPSA) is 48.1 Å². The van der Waals surface area contributed by atoms with Crippen molar-refractivity contribution in [2.75, 3.05) is 0 Å². The van der Waals surface area contributed by atoms with Gasteiger partial charge in [0.25, 0.3) is 0 Å². The summed E-state index contributed by atoms with van der Waals surface area (Å²) in [5, 5.41) is 0.602. The molecular formula is C11H14BrClN2O. The van der Waals surface area contributed by atoms with E-state index in [0.717, 1.165) is 30.2 Å². The molecule has 0 radical (unpaired) electrons. The Morgan fingerprint density at radius 1 is 1.38 bits per heavy atom. The van der Waals surface area contributed by atoms with Gasteiger partial charge in [-0.2, -0.15) is 0 Å². The van der Waals surface area contributed by atoms with E-state index in [1.807, 2.05) is 0 Å². The fourth-order valence-corrected chi connectivity index (χ4v) is 2.59. The number of hydrogen-bond donors (Lipinski definition) is 1. The summed E-state index contributed by atoms with van der Waals surface area (Å²) in [7, 11) is 0. The van der Waals surface area contributed by atoms with Crippen LogP contribution >= 0.6 is 27.5 Å². The van der Waals surface area contributed by atoms with E-state index in [2.05, 4.69) is 20.9 Å². The van der Waals surface area contributed by atoms with Crippen LogP contribution in [0.15, 0.2) is 16.7 Å². The molecule has 5 heteroatoms. The fraction of sp³-hybridized carbons (Fsp3) is 0.545. The van der Waals surface area contributed by atoms with E-state index in [1.54, 1.807) is 12.3 Å². The number of hydrogen-bond acceptors (Lipinski definition) is 3. The zero-order valence-corrected chi connectivity index (χ0v) is 11.2. The molecule has 1 heterocycles. The Bertz CT molecular complexity index is 367. The zero-order valence-electron chi connectivity index (χ0n) is 8.83. The number of nitrogens with two attached hydrogens (primary N) is 1. The summed E-state index contributed by atoms with van der Waals surface area (Å²) in [5.74, 6) is 0.616. The van der Waals surface area contributed by atoms with E-state index in [0.29, 0.717) is 16.9 Å². The van der Waals surface area contributed by atoms with E-state index in [9.17, 15) is 0 Å². The molecule has 2 N–H and O–H groups in total. The smallest absolute Gasteiger partial charge is 0.228 e. The average Bonchev–Trinajstić information content (AvgIpc) is 2.25. The van der Waals surface area contributed by atoms with Crippen molar-refractivity contribution in [3.8, 4) is 5.88 Å². The first-order valence-corrected chi connectivity index (χ1v) is 6.55. The van der Waals surface area contributed by atoms with Gasteiger partial charge in [0.15, 0.2) is 0 Å². The van der Waals surface area contributed by atoms with Gasteiger partial charge < -0.3 is 10.5 Å². The normalized spacial score (nSPS) is 25.4. The second kappa shape index (κ2) is 5.34. The van der Waals surface area contributed by atoms with Gasteiger partial charge in [0.2, 0.25) is 5.88 Å². The molecule has 1 aliphatic carbocycles. The molecule has 1 saturated carbocycles. The zero-order chi connectivity index (χ0) is 11.5. The minimum absolute atomic E-state index is 0.227.